The predicted molar refractivity (Wildman–Crippen MR) is 61.7 cm³/mol. The van der Waals surface area contributed by atoms with Crippen LogP contribution in [-0.2, 0) is 7.05 Å². The minimum atomic E-state index is 0.607. The van der Waals surface area contributed by atoms with E-state index in [4.69, 9.17) is 11.6 Å². The van der Waals surface area contributed by atoms with E-state index in [2.05, 4.69) is 5.10 Å². The second-order valence-corrected chi connectivity index (χ2v) is 4.90. The molecule has 0 saturated carbocycles. The lowest BCUT2D eigenvalue weighted by molar-refractivity contribution is 0.112. The Kier molecular flexibility index (Phi) is 2.63. The molecule has 2 aromatic rings. The number of carbonyl (C=O) groups is 1. The van der Waals surface area contributed by atoms with Crippen molar-refractivity contribution in [3.63, 3.8) is 0 Å². The van der Waals surface area contributed by atoms with Crippen molar-refractivity contribution < 1.29 is 4.79 Å². The monoisotopic (exact) mass is 240 g/mol. The summed E-state index contributed by atoms with van der Waals surface area (Å²) in [5.74, 6) is 0. The Morgan fingerprint density at radius 1 is 1.60 bits per heavy atom. The summed E-state index contributed by atoms with van der Waals surface area (Å²) >= 11 is 7.50. The zero-order valence-electron chi connectivity index (χ0n) is 8.32. The number of nitrogens with zero attached hydrogens (tertiary/aromatic N) is 2. The molecule has 0 aliphatic carbocycles. The summed E-state index contributed by atoms with van der Waals surface area (Å²) in [6, 6.07) is 1.84. The summed E-state index contributed by atoms with van der Waals surface area (Å²) < 4.78 is 1.71. The van der Waals surface area contributed by atoms with Gasteiger partial charge >= 0.3 is 0 Å². The van der Waals surface area contributed by atoms with Crippen molar-refractivity contribution in [3.8, 4) is 11.3 Å². The van der Waals surface area contributed by atoms with Crippen LogP contribution in [0, 0.1) is 6.92 Å². The van der Waals surface area contributed by atoms with E-state index in [1.165, 1.54) is 11.3 Å². The third kappa shape index (κ3) is 1.70. The Balaban J connectivity index is 2.63. The van der Waals surface area contributed by atoms with Gasteiger partial charge in [0.25, 0.3) is 0 Å². The highest BCUT2D eigenvalue weighted by atomic mass is 35.5. The van der Waals surface area contributed by atoms with Crippen LogP contribution in [0.15, 0.2) is 12.3 Å². The standard InChI is InChI=1S/C10H9ClN2OS/c1-6-8(3-7(5-14)15-6)10-9(11)4-12-13(10)2/h3-5H,1-2H3. The van der Waals surface area contributed by atoms with Gasteiger partial charge in [-0.25, -0.2) is 0 Å². The molecule has 0 aromatic carbocycles. The number of aromatic nitrogens is 2. The molecule has 2 rings (SSSR count). The molecule has 0 fully saturated rings. The molecule has 0 aliphatic rings. The van der Waals surface area contributed by atoms with Crippen LogP contribution in [-0.4, -0.2) is 16.1 Å². The minimum absolute atomic E-state index is 0.607. The van der Waals surface area contributed by atoms with E-state index < -0.39 is 0 Å². The molecule has 78 valence electrons. The van der Waals surface area contributed by atoms with Gasteiger partial charge in [0.1, 0.15) is 0 Å². The van der Waals surface area contributed by atoms with Gasteiger partial charge in [-0.15, -0.1) is 11.3 Å². The van der Waals surface area contributed by atoms with Gasteiger partial charge in [-0.1, -0.05) is 11.6 Å². The largest absolute Gasteiger partial charge is 0.297 e. The van der Waals surface area contributed by atoms with E-state index in [-0.39, 0.29) is 0 Å². The van der Waals surface area contributed by atoms with Crippen LogP contribution in [0.5, 0.6) is 0 Å². The third-order valence-electron chi connectivity index (χ3n) is 2.20. The molecule has 0 aliphatic heterocycles. The number of hydrogen-bond donors (Lipinski definition) is 0. The van der Waals surface area contributed by atoms with E-state index in [0.29, 0.717) is 9.90 Å². The Bertz CT molecular complexity index is 496. The summed E-state index contributed by atoms with van der Waals surface area (Å²) in [5, 5.41) is 4.68. The highest BCUT2D eigenvalue weighted by molar-refractivity contribution is 7.14. The lowest BCUT2D eigenvalue weighted by Crippen LogP contribution is -1.93. The van der Waals surface area contributed by atoms with Crippen molar-refractivity contribution in [1.82, 2.24) is 9.78 Å². The van der Waals surface area contributed by atoms with Crippen LogP contribution >= 0.6 is 22.9 Å². The lowest BCUT2D eigenvalue weighted by Gasteiger charge is -2.01. The van der Waals surface area contributed by atoms with Gasteiger partial charge < -0.3 is 0 Å². The number of halogens is 1. The maximum absolute atomic E-state index is 10.7. The Morgan fingerprint density at radius 3 is 2.80 bits per heavy atom. The molecule has 0 N–H and O–H groups in total. The van der Waals surface area contributed by atoms with Crippen molar-refractivity contribution in [3.05, 3.63) is 27.0 Å². The number of carbonyl (C=O) groups excluding carboxylic acids is 1. The molecule has 2 aromatic heterocycles. The van der Waals surface area contributed by atoms with E-state index in [1.54, 1.807) is 10.9 Å². The first kappa shape index (κ1) is 10.4. The number of aldehydes is 1. The second kappa shape index (κ2) is 3.79. The Morgan fingerprint density at radius 2 is 2.33 bits per heavy atom. The molecule has 0 unspecified atom stereocenters. The summed E-state index contributed by atoms with van der Waals surface area (Å²) in [7, 11) is 1.83. The van der Waals surface area contributed by atoms with E-state index in [1.807, 2.05) is 20.0 Å². The van der Waals surface area contributed by atoms with Crippen molar-refractivity contribution in [2.45, 2.75) is 6.92 Å². The van der Waals surface area contributed by atoms with E-state index in [9.17, 15) is 4.79 Å². The van der Waals surface area contributed by atoms with Crippen molar-refractivity contribution in [2.24, 2.45) is 7.05 Å². The van der Waals surface area contributed by atoms with Gasteiger partial charge in [-0.3, -0.25) is 9.48 Å². The fourth-order valence-corrected chi connectivity index (χ4v) is 2.62. The first-order valence-electron chi connectivity index (χ1n) is 4.37. The van der Waals surface area contributed by atoms with Crippen LogP contribution in [0.1, 0.15) is 14.5 Å². The smallest absolute Gasteiger partial charge is 0.160 e. The first-order chi connectivity index (χ1) is 7.13. The molecule has 3 nitrogen and oxygen atoms in total. The van der Waals surface area contributed by atoms with Crippen molar-refractivity contribution in [2.75, 3.05) is 0 Å². The molecule has 15 heavy (non-hydrogen) atoms. The number of aryl methyl sites for hydroxylation is 2. The predicted octanol–water partition coefficient (Wildman–Crippen LogP) is 2.92. The quantitative estimate of drug-likeness (QED) is 0.757. The maximum atomic E-state index is 10.7. The molecule has 0 bridgehead atoms. The van der Waals surface area contributed by atoms with Crippen LogP contribution in [0.3, 0.4) is 0 Å². The summed E-state index contributed by atoms with van der Waals surface area (Å²) in [6.45, 7) is 1.97. The van der Waals surface area contributed by atoms with E-state index in [0.717, 1.165) is 22.4 Å². The highest BCUT2D eigenvalue weighted by Crippen LogP contribution is 2.34. The minimum Gasteiger partial charge on any atom is -0.297 e. The first-order valence-corrected chi connectivity index (χ1v) is 5.56. The Hall–Kier alpha value is -1.13. The topological polar surface area (TPSA) is 34.9 Å². The summed E-state index contributed by atoms with van der Waals surface area (Å²) in [6.07, 6.45) is 2.46. The van der Waals surface area contributed by atoms with Crippen LogP contribution in [0.4, 0.5) is 0 Å². The molecule has 0 spiro atoms. The van der Waals surface area contributed by atoms with Crippen molar-refractivity contribution >= 4 is 29.2 Å². The van der Waals surface area contributed by atoms with Gasteiger partial charge in [0, 0.05) is 17.5 Å². The molecule has 0 amide bonds. The molecule has 0 saturated heterocycles. The number of thiophene rings is 1. The average molecular weight is 241 g/mol. The van der Waals surface area contributed by atoms with Crippen LogP contribution in [0.25, 0.3) is 11.3 Å². The molecular formula is C10H9ClN2OS. The normalized spacial score (nSPS) is 10.6. The van der Waals surface area contributed by atoms with Gasteiger partial charge in [-0.05, 0) is 13.0 Å². The highest BCUT2D eigenvalue weighted by Gasteiger charge is 2.14. The molecule has 0 atom stereocenters. The molecule has 5 heteroatoms. The van der Waals surface area contributed by atoms with E-state index >= 15 is 0 Å². The average Bonchev–Trinajstić information content (AvgIpc) is 2.71. The fourth-order valence-electron chi connectivity index (χ4n) is 1.51. The zero-order valence-corrected chi connectivity index (χ0v) is 9.89. The van der Waals surface area contributed by atoms with Gasteiger partial charge in [-0.2, -0.15) is 5.10 Å². The molecule has 0 radical (unpaired) electrons. The number of hydrogen-bond acceptors (Lipinski definition) is 3. The fraction of sp³-hybridized carbons (Fsp3) is 0.200. The zero-order chi connectivity index (χ0) is 11.0. The van der Waals surface area contributed by atoms with Crippen LogP contribution < -0.4 is 0 Å². The van der Waals surface area contributed by atoms with Crippen LogP contribution in [0.2, 0.25) is 5.02 Å². The maximum Gasteiger partial charge on any atom is 0.160 e. The van der Waals surface area contributed by atoms with Crippen molar-refractivity contribution in [1.29, 1.82) is 0 Å². The van der Waals surface area contributed by atoms with Gasteiger partial charge in [0.2, 0.25) is 0 Å². The second-order valence-electron chi connectivity index (χ2n) is 3.20. The SMILES string of the molecule is Cc1sc(C=O)cc1-c1c(Cl)cnn1C. The third-order valence-corrected chi connectivity index (χ3v) is 3.45. The molecular weight excluding hydrogens is 232 g/mol. The van der Waals surface area contributed by atoms with Gasteiger partial charge in [0.15, 0.2) is 6.29 Å². The molecule has 2 heterocycles. The van der Waals surface area contributed by atoms with Gasteiger partial charge in [0.05, 0.1) is 21.8 Å². The summed E-state index contributed by atoms with van der Waals surface area (Å²) in [4.78, 5) is 12.4. The number of rotatable bonds is 2. The summed E-state index contributed by atoms with van der Waals surface area (Å²) in [5.41, 5.74) is 1.84. The lowest BCUT2D eigenvalue weighted by atomic mass is 10.2. The Labute approximate surface area is 96.3 Å².